The molecule has 3 N–H and O–H groups in total. The molecule has 0 aliphatic rings. The van der Waals surface area contributed by atoms with Crippen LogP contribution >= 0.6 is 11.8 Å². The van der Waals surface area contributed by atoms with Crippen LogP contribution in [0.15, 0.2) is 29.4 Å². The number of nitrogens with two attached hydrogens (primary N) is 1. The van der Waals surface area contributed by atoms with Gasteiger partial charge in [-0.15, -0.1) is 10.2 Å². The molecule has 0 aliphatic carbocycles. The quantitative estimate of drug-likeness (QED) is 0.662. The lowest BCUT2D eigenvalue weighted by atomic mass is 10.2. The van der Waals surface area contributed by atoms with Crippen molar-refractivity contribution in [3.8, 4) is 0 Å². The van der Waals surface area contributed by atoms with Crippen LogP contribution in [-0.2, 0) is 4.79 Å². The van der Waals surface area contributed by atoms with E-state index in [-0.39, 0.29) is 11.2 Å². The van der Waals surface area contributed by atoms with E-state index in [0.717, 1.165) is 11.3 Å². The Morgan fingerprint density at radius 2 is 2.05 bits per heavy atom. The second kappa shape index (κ2) is 5.96. The molecule has 0 aliphatic heterocycles. The fourth-order valence-corrected chi connectivity index (χ4v) is 2.41. The smallest absolute Gasteiger partial charge is 0.237 e. The first-order valence-corrected chi connectivity index (χ1v) is 7.07. The van der Waals surface area contributed by atoms with Gasteiger partial charge in [-0.3, -0.25) is 4.79 Å². The van der Waals surface area contributed by atoms with Crippen molar-refractivity contribution < 1.29 is 4.79 Å². The highest BCUT2D eigenvalue weighted by atomic mass is 32.2. The number of thioether (sulfide) groups is 1. The maximum atomic E-state index is 12.2. The highest BCUT2D eigenvalue weighted by Gasteiger charge is 2.18. The van der Waals surface area contributed by atoms with Gasteiger partial charge in [-0.2, -0.15) is 0 Å². The number of nitrogen functional groups attached to an aromatic ring is 1. The fraction of sp³-hybridized carbons (Fsp3) is 0.308. The molecule has 106 valence electrons. The molecule has 1 heterocycles. The number of nitrogens with zero attached hydrogens (tertiary/aromatic N) is 3. The summed E-state index contributed by atoms with van der Waals surface area (Å²) in [5, 5.41) is 10.9. The Morgan fingerprint density at radius 1 is 1.35 bits per heavy atom. The number of aromatic nitrogens is 3. The second-order valence-corrected chi connectivity index (χ2v) is 5.77. The van der Waals surface area contributed by atoms with Crippen LogP contribution in [0.2, 0.25) is 0 Å². The van der Waals surface area contributed by atoms with Crippen molar-refractivity contribution in [3.05, 3.63) is 35.7 Å². The monoisotopic (exact) mass is 291 g/mol. The lowest BCUT2D eigenvalue weighted by Gasteiger charge is -2.12. The fourth-order valence-electron chi connectivity index (χ4n) is 1.59. The predicted octanol–water partition coefficient (Wildman–Crippen LogP) is 1.73. The molecule has 2 rings (SSSR count). The molecular weight excluding hydrogens is 274 g/mol. The van der Waals surface area contributed by atoms with Crippen molar-refractivity contribution >= 4 is 23.4 Å². The zero-order valence-corrected chi connectivity index (χ0v) is 12.4. The van der Waals surface area contributed by atoms with Gasteiger partial charge in [0.05, 0.1) is 5.25 Å². The van der Waals surface area contributed by atoms with Crippen molar-refractivity contribution in [2.45, 2.75) is 31.2 Å². The molecular formula is C13H17N5OS. The minimum Gasteiger partial charge on any atom is -0.336 e. The summed E-state index contributed by atoms with van der Waals surface area (Å²) in [7, 11) is 0. The molecule has 7 heteroatoms. The van der Waals surface area contributed by atoms with E-state index in [1.807, 2.05) is 38.1 Å². The second-order valence-electron chi connectivity index (χ2n) is 4.46. The molecule has 2 aromatic rings. The van der Waals surface area contributed by atoms with Gasteiger partial charge >= 0.3 is 0 Å². The minimum atomic E-state index is -0.319. The van der Waals surface area contributed by atoms with E-state index in [9.17, 15) is 4.79 Å². The summed E-state index contributed by atoms with van der Waals surface area (Å²) in [6.07, 6.45) is 0. The Labute approximate surface area is 121 Å². The number of carbonyl (C=O) groups excluding carboxylic acids is 1. The third-order valence-corrected chi connectivity index (χ3v) is 3.95. The number of hydrogen-bond acceptors (Lipinski definition) is 5. The number of anilines is 1. The summed E-state index contributed by atoms with van der Waals surface area (Å²) in [6.45, 7) is 5.52. The molecule has 1 atom stereocenters. The maximum Gasteiger partial charge on any atom is 0.237 e. The van der Waals surface area contributed by atoms with E-state index in [0.29, 0.717) is 11.0 Å². The molecule has 6 nitrogen and oxygen atoms in total. The first-order valence-electron chi connectivity index (χ1n) is 6.19. The number of hydrogen-bond donors (Lipinski definition) is 2. The maximum absolute atomic E-state index is 12.2. The summed E-state index contributed by atoms with van der Waals surface area (Å²) >= 11 is 1.28. The number of aryl methyl sites for hydroxylation is 2. The van der Waals surface area contributed by atoms with Gasteiger partial charge in [0.15, 0.2) is 0 Å². The van der Waals surface area contributed by atoms with Crippen LogP contribution in [0.3, 0.4) is 0 Å². The topological polar surface area (TPSA) is 85.8 Å². The van der Waals surface area contributed by atoms with Crippen LogP contribution in [0.5, 0.6) is 0 Å². The lowest BCUT2D eigenvalue weighted by molar-refractivity contribution is -0.115. The molecule has 1 aromatic heterocycles. The number of rotatable bonds is 4. The van der Waals surface area contributed by atoms with Gasteiger partial charge in [0.1, 0.15) is 5.82 Å². The zero-order valence-electron chi connectivity index (χ0n) is 11.6. The van der Waals surface area contributed by atoms with Gasteiger partial charge < -0.3 is 11.2 Å². The van der Waals surface area contributed by atoms with Gasteiger partial charge in [0, 0.05) is 5.69 Å². The van der Waals surface area contributed by atoms with E-state index in [1.54, 1.807) is 6.92 Å². The summed E-state index contributed by atoms with van der Waals surface area (Å²) < 4.78 is 1.38. The largest absolute Gasteiger partial charge is 0.336 e. The lowest BCUT2D eigenvalue weighted by Crippen LogP contribution is -2.24. The van der Waals surface area contributed by atoms with E-state index in [2.05, 4.69) is 15.5 Å². The standard InChI is InChI=1S/C13H17N5OS/c1-8-6-4-5-7-11(8)15-12(19)9(2)20-13-17-16-10(3)18(13)14/h4-7,9H,14H2,1-3H3,(H,15,19)/t9-/m1/s1. The van der Waals surface area contributed by atoms with Crippen molar-refractivity contribution in [2.24, 2.45) is 0 Å². The van der Waals surface area contributed by atoms with Crippen LogP contribution < -0.4 is 11.2 Å². The Morgan fingerprint density at radius 3 is 2.65 bits per heavy atom. The highest BCUT2D eigenvalue weighted by Crippen LogP contribution is 2.22. The Balaban J connectivity index is 2.03. The summed E-state index contributed by atoms with van der Waals surface area (Å²) in [5.74, 6) is 6.28. The van der Waals surface area contributed by atoms with E-state index in [1.165, 1.54) is 16.4 Å². The third kappa shape index (κ3) is 3.11. The average molecular weight is 291 g/mol. The van der Waals surface area contributed by atoms with Gasteiger partial charge in [-0.25, -0.2) is 4.68 Å². The van der Waals surface area contributed by atoms with Crippen LogP contribution in [0.1, 0.15) is 18.3 Å². The van der Waals surface area contributed by atoms with Crippen LogP contribution in [0, 0.1) is 13.8 Å². The average Bonchev–Trinajstić information content (AvgIpc) is 2.73. The number of nitrogens with one attached hydrogen (secondary N) is 1. The number of para-hydroxylation sites is 1. The van der Waals surface area contributed by atoms with Crippen LogP contribution in [-0.4, -0.2) is 26.0 Å². The molecule has 0 spiro atoms. The van der Waals surface area contributed by atoms with Crippen LogP contribution in [0.4, 0.5) is 5.69 Å². The van der Waals surface area contributed by atoms with E-state index >= 15 is 0 Å². The van der Waals surface area contributed by atoms with E-state index in [4.69, 9.17) is 5.84 Å². The van der Waals surface area contributed by atoms with Crippen molar-refractivity contribution in [1.82, 2.24) is 14.9 Å². The molecule has 0 radical (unpaired) electrons. The molecule has 1 aromatic carbocycles. The normalized spacial score (nSPS) is 12.2. The molecule has 0 unspecified atom stereocenters. The van der Waals surface area contributed by atoms with Crippen LogP contribution in [0.25, 0.3) is 0 Å². The predicted molar refractivity (Wildman–Crippen MR) is 80.0 cm³/mol. The summed E-state index contributed by atoms with van der Waals surface area (Å²) in [4.78, 5) is 12.2. The minimum absolute atomic E-state index is 0.0926. The summed E-state index contributed by atoms with van der Waals surface area (Å²) in [6, 6.07) is 7.65. The Bertz CT molecular complexity index is 625. The van der Waals surface area contributed by atoms with Crippen molar-refractivity contribution in [3.63, 3.8) is 0 Å². The number of carbonyl (C=O) groups is 1. The Hall–Kier alpha value is -2.02. The highest BCUT2D eigenvalue weighted by molar-refractivity contribution is 8.00. The molecule has 0 bridgehead atoms. The van der Waals surface area contributed by atoms with Gasteiger partial charge in [-0.1, -0.05) is 30.0 Å². The SMILES string of the molecule is Cc1ccccc1NC(=O)[C@@H](C)Sc1nnc(C)n1N. The van der Waals surface area contributed by atoms with Gasteiger partial charge in [0.2, 0.25) is 11.1 Å². The molecule has 20 heavy (non-hydrogen) atoms. The van der Waals surface area contributed by atoms with Crippen molar-refractivity contribution in [2.75, 3.05) is 11.2 Å². The first kappa shape index (κ1) is 14.4. The number of benzene rings is 1. The molecule has 0 fully saturated rings. The zero-order chi connectivity index (χ0) is 14.7. The molecule has 1 amide bonds. The molecule has 0 saturated carbocycles. The van der Waals surface area contributed by atoms with Crippen molar-refractivity contribution in [1.29, 1.82) is 0 Å². The Kier molecular flexibility index (Phi) is 4.29. The first-order chi connectivity index (χ1) is 9.49. The van der Waals surface area contributed by atoms with E-state index < -0.39 is 0 Å². The van der Waals surface area contributed by atoms with Gasteiger partial charge in [-0.05, 0) is 32.4 Å². The number of amides is 1. The summed E-state index contributed by atoms with van der Waals surface area (Å²) in [5.41, 5.74) is 1.84. The third-order valence-electron chi connectivity index (χ3n) is 2.89. The van der Waals surface area contributed by atoms with Gasteiger partial charge in [0.25, 0.3) is 0 Å². The molecule has 0 saturated heterocycles.